The van der Waals surface area contributed by atoms with Crippen molar-refractivity contribution in [2.24, 2.45) is 5.73 Å². The molecule has 1 fully saturated rings. The average molecular weight is 223 g/mol. The van der Waals surface area contributed by atoms with Crippen molar-refractivity contribution in [3.05, 3.63) is 0 Å². The van der Waals surface area contributed by atoms with E-state index in [-0.39, 0.29) is 11.9 Å². The fourth-order valence-electron chi connectivity index (χ4n) is 2.20. The molecule has 90 valence electrons. The summed E-state index contributed by atoms with van der Waals surface area (Å²) in [6.45, 7) is 3.67. The van der Waals surface area contributed by atoms with E-state index in [1.165, 1.54) is 6.42 Å². The van der Waals surface area contributed by atoms with Gasteiger partial charge in [-0.25, -0.2) is 0 Å². The number of nitrogens with one attached hydrogen (secondary N) is 1. The molecule has 0 radical (unpaired) electrons. The maximum absolute atomic E-state index is 11.5. The monoisotopic (exact) mass is 223 g/mol. The van der Waals surface area contributed by atoms with E-state index in [9.17, 15) is 4.79 Å². The SMILES string of the molecule is C#CCNC(=O)CN1CCCCC1C(C)N. The van der Waals surface area contributed by atoms with Gasteiger partial charge in [-0.05, 0) is 26.3 Å². The van der Waals surface area contributed by atoms with Crippen LogP contribution in [0.5, 0.6) is 0 Å². The van der Waals surface area contributed by atoms with Crippen molar-refractivity contribution in [3.63, 3.8) is 0 Å². The highest BCUT2D eigenvalue weighted by Gasteiger charge is 2.26. The molecule has 0 bridgehead atoms. The molecule has 0 aromatic heterocycles. The first kappa shape index (κ1) is 13.0. The molecule has 1 saturated heterocycles. The van der Waals surface area contributed by atoms with Gasteiger partial charge in [0, 0.05) is 12.1 Å². The minimum atomic E-state index is -0.00880. The van der Waals surface area contributed by atoms with Crippen molar-refractivity contribution in [2.75, 3.05) is 19.6 Å². The van der Waals surface area contributed by atoms with Gasteiger partial charge in [0.2, 0.25) is 5.91 Å². The van der Waals surface area contributed by atoms with Crippen LogP contribution < -0.4 is 11.1 Å². The van der Waals surface area contributed by atoms with Gasteiger partial charge in [-0.1, -0.05) is 12.3 Å². The Morgan fingerprint density at radius 1 is 1.69 bits per heavy atom. The first-order valence-corrected chi connectivity index (χ1v) is 5.85. The van der Waals surface area contributed by atoms with Crippen LogP contribution in [-0.4, -0.2) is 42.5 Å². The number of nitrogens with zero attached hydrogens (tertiary/aromatic N) is 1. The van der Waals surface area contributed by atoms with Gasteiger partial charge >= 0.3 is 0 Å². The third-order valence-electron chi connectivity index (χ3n) is 3.01. The minimum absolute atomic E-state index is 0.00880. The van der Waals surface area contributed by atoms with Crippen molar-refractivity contribution < 1.29 is 4.79 Å². The van der Waals surface area contributed by atoms with E-state index in [1.54, 1.807) is 0 Å². The zero-order valence-electron chi connectivity index (χ0n) is 9.91. The van der Waals surface area contributed by atoms with Gasteiger partial charge in [-0.3, -0.25) is 9.69 Å². The van der Waals surface area contributed by atoms with Crippen LogP contribution in [0.4, 0.5) is 0 Å². The Kier molecular flexibility index (Phi) is 5.30. The summed E-state index contributed by atoms with van der Waals surface area (Å²) in [7, 11) is 0. The predicted octanol–water partition coefficient (Wildman–Crippen LogP) is -0.0625. The third-order valence-corrected chi connectivity index (χ3v) is 3.01. The zero-order chi connectivity index (χ0) is 12.0. The standard InChI is InChI=1S/C12H21N3O/c1-3-7-14-12(16)9-15-8-5-4-6-11(15)10(2)13/h1,10-11H,4-9,13H2,2H3,(H,14,16). The maximum atomic E-state index is 11.5. The number of piperidine rings is 1. The molecule has 0 aromatic rings. The first-order valence-electron chi connectivity index (χ1n) is 5.85. The maximum Gasteiger partial charge on any atom is 0.234 e. The molecule has 2 atom stereocenters. The molecule has 1 amide bonds. The molecule has 1 aliphatic rings. The molecule has 0 aromatic carbocycles. The molecule has 1 rings (SSSR count). The second-order valence-corrected chi connectivity index (χ2v) is 4.37. The van der Waals surface area contributed by atoms with Crippen LogP contribution in [0.15, 0.2) is 0 Å². The van der Waals surface area contributed by atoms with Crippen LogP contribution in [0.25, 0.3) is 0 Å². The van der Waals surface area contributed by atoms with E-state index >= 15 is 0 Å². The number of carbonyl (C=O) groups is 1. The van der Waals surface area contributed by atoms with Crippen molar-refractivity contribution in [3.8, 4) is 12.3 Å². The number of hydrogen-bond acceptors (Lipinski definition) is 3. The Morgan fingerprint density at radius 2 is 2.44 bits per heavy atom. The minimum Gasteiger partial charge on any atom is -0.344 e. The van der Waals surface area contributed by atoms with E-state index in [2.05, 4.69) is 16.1 Å². The summed E-state index contributed by atoms with van der Waals surface area (Å²) in [5.74, 6) is 2.39. The molecule has 4 nitrogen and oxygen atoms in total. The number of rotatable bonds is 4. The number of hydrogen-bond donors (Lipinski definition) is 2. The van der Waals surface area contributed by atoms with Crippen molar-refractivity contribution in [1.82, 2.24) is 10.2 Å². The second-order valence-electron chi connectivity index (χ2n) is 4.37. The summed E-state index contributed by atoms with van der Waals surface area (Å²) in [4.78, 5) is 13.7. The fourth-order valence-corrected chi connectivity index (χ4v) is 2.20. The lowest BCUT2D eigenvalue weighted by molar-refractivity contribution is -0.123. The molecule has 4 heteroatoms. The molecule has 3 N–H and O–H groups in total. The lowest BCUT2D eigenvalue weighted by Crippen LogP contribution is -2.52. The largest absolute Gasteiger partial charge is 0.344 e. The Bertz CT molecular complexity index is 270. The summed E-state index contributed by atoms with van der Waals surface area (Å²) in [5.41, 5.74) is 5.93. The molecule has 2 unspecified atom stereocenters. The molecular formula is C12H21N3O. The highest BCUT2D eigenvalue weighted by atomic mass is 16.2. The molecule has 16 heavy (non-hydrogen) atoms. The fraction of sp³-hybridized carbons (Fsp3) is 0.750. The Balaban J connectivity index is 2.43. The summed E-state index contributed by atoms with van der Waals surface area (Å²) < 4.78 is 0. The van der Waals surface area contributed by atoms with Crippen molar-refractivity contribution >= 4 is 5.91 Å². The van der Waals surface area contributed by atoms with Gasteiger partial charge in [0.1, 0.15) is 0 Å². The molecule has 1 heterocycles. The first-order chi connectivity index (χ1) is 7.65. The molecule has 0 aliphatic carbocycles. The lowest BCUT2D eigenvalue weighted by Gasteiger charge is -2.37. The lowest BCUT2D eigenvalue weighted by atomic mass is 9.97. The van der Waals surface area contributed by atoms with Crippen LogP contribution in [0, 0.1) is 12.3 Å². The molecule has 0 spiro atoms. The predicted molar refractivity (Wildman–Crippen MR) is 64.7 cm³/mol. The topological polar surface area (TPSA) is 58.4 Å². The Labute approximate surface area is 97.6 Å². The number of likely N-dealkylation sites (tertiary alicyclic amines) is 1. The van der Waals surface area contributed by atoms with Crippen LogP contribution in [0.2, 0.25) is 0 Å². The van der Waals surface area contributed by atoms with Crippen molar-refractivity contribution in [1.29, 1.82) is 0 Å². The highest BCUT2D eigenvalue weighted by molar-refractivity contribution is 5.78. The second kappa shape index (κ2) is 6.51. The van der Waals surface area contributed by atoms with Crippen molar-refractivity contribution in [2.45, 2.75) is 38.3 Å². The smallest absolute Gasteiger partial charge is 0.234 e. The van der Waals surface area contributed by atoms with Crippen LogP contribution in [0.1, 0.15) is 26.2 Å². The summed E-state index contributed by atoms with van der Waals surface area (Å²) >= 11 is 0. The summed E-state index contributed by atoms with van der Waals surface area (Å²) in [5, 5.41) is 2.68. The van der Waals surface area contributed by atoms with E-state index in [4.69, 9.17) is 12.2 Å². The van der Waals surface area contributed by atoms with E-state index in [0.29, 0.717) is 19.1 Å². The number of amides is 1. The number of terminal acetylenes is 1. The third kappa shape index (κ3) is 3.84. The quantitative estimate of drug-likeness (QED) is 0.656. The van der Waals surface area contributed by atoms with Gasteiger partial charge in [0.15, 0.2) is 0 Å². The van der Waals surface area contributed by atoms with E-state index < -0.39 is 0 Å². The van der Waals surface area contributed by atoms with Crippen LogP contribution in [-0.2, 0) is 4.79 Å². The molecular weight excluding hydrogens is 202 g/mol. The Morgan fingerprint density at radius 3 is 3.06 bits per heavy atom. The van der Waals surface area contributed by atoms with Gasteiger partial charge < -0.3 is 11.1 Å². The van der Waals surface area contributed by atoms with E-state index in [0.717, 1.165) is 19.4 Å². The van der Waals surface area contributed by atoms with Gasteiger partial charge in [0.25, 0.3) is 0 Å². The Hall–Kier alpha value is -1.05. The van der Waals surface area contributed by atoms with E-state index in [1.807, 2.05) is 6.92 Å². The van der Waals surface area contributed by atoms with Gasteiger partial charge in [-0.15, -0.1) is 6.42 Å². The normalized spacial score (nSPS) is 23.4. The summed E-state index contributed by atoms with van der Waals surface area (Å²) in [6.07, 6.45) is 8.52. The highest BCUT2D eigenvalue weighted by Crippen LogP contribution is 2.18. The summed E-state index contributed by atoms with van der Waals surface area (Å²) in [6, 6.07) is 0.436. The van der Waals surface area contributed by atoms with Crippen LogP contribution >= 0.6 is 0 Å². The molecule has 1 aliphatic heterocycles. The number of carbonyl (C=O) groups excluding carboxylic acids is 1. The van der Waals surface area contributed by atoms with Crippen LogP contribution in [0.3, 0.4) is 0 Å². The zero-order valence-corrected chi connectivity index (χ0v) is 9.91. The number of nitrogens with two attached hydrogens (primary N) is 1. The van der Waals surface area contributed by atoms with Gasteiger partial charge in [0.05, 0.1) is 13.1 Å². The van der Waals surface area contributed by atoms with Gasteiger partial charge in [-0.2, -0.15) is 0 Å². The molecule has 0 saturated carbocycles. The average Bonchev–Trinajstić information content (AvgIpc) is 2.27.